The molecule has 0 spiro atoms. The monoisotopic (exact) mass is 257 g/mol. The molecule has 19 heavy (non-hydrogen) atoms. The molecule has 1 aliphatic rings. The molecule has 1 aromatic carbocycles. The number of hydrogen-bond donors (Lipinski definition) is 2. The van der Waals surface area contributed by atoms with Crippen LogP contribution in [0.3, 0.4) is 0 Å². The molecule has 1 saturated heterocycles. The average molecular weight is 257 g/mol. The van der Waals surface area contributed by atoms with Crippen molar-refractivity contribution in [1.82, 2.24) is 15.2 Å². The van der Waals surface area contributed by atoms with Crippen LogP contribution in [0.4, 0.5) is 0 Å². The van der Waals surface area contributed by atoms with Crippen molar-refractivity contribution >= 4 is 16.8 Å². The minimum absolute atomic E-state index is 0.133. The van der Waals surface area contributed by atoms with E-state index >= 15 is 0 Å². The SMILES string of the molecule is Cc1[nH]c2c(C(=O)N3CCNCC3)cccc2c1C. The molecule has 3 rings (SSSR count). The first-order valence-corrected chi connectivity index (χ1v) is 6.76. The van der Waals surface area contributed by atoms with Crippen LogP contribution in [-0.2, 0) is 0 Å². The summed E-state index contributed by atoms with van der Waals surface area (Å²) in [7, 11) is 0. The number of amides is 1. The fourth-order valence-electron chi connectivity index (χ4n) is 2.70. The smallest absolute Gasteiger partial charge is 0.256 e. The van der Waals surface area contributed by atoms with Crippen LogP contribution in [0.2, 0.25) is 0 Å². The van der Waals surface area contributed by atoms with E-state index in [0.29, 0.717) is 0 Å². The lowest BCUT2D eigenvalue weighted by Crippen LogP contribution is -2.46. The average Bonchev–Trinajstić information content (AvgIpc) is 2.75. The molecule has 0 atom stereocenters. The lowest BCUT2D eigenvalue weighted by atomic mass is 10.1. The molecule has 2 aromatic rings. The second kappa shape index (κ2) is 4.70. The van der Waals surface area contributed by atoms with Gasteiger partial charge in [-0.15, -0.1) is 0 Å². The largest absolute Gasteiger partial charge is 0.358 e. The van der Waals surface area contributed by atoms with Gasteiger partial charge in [0.2, 0.25) is 0 Å². The first kappa shape index (κ1) is 12.2. The second-order valence-corrected chi connectivity index (χ2v) is 5.15. The summed E-state index contributed by atoms with van der Waals surface area (Å²) < 4.78 is 0. The Morgan fingerprint density at radius 1 is 1.21 bits per heavy atom. The van der Waals surface area contributed by atoms with Crippen molar-refractivity contribution in [2.24, 2.45) is 0 Å². The molecule has 0 saturated carbocycles. The minimum Gasteiger partial charge on any atom is -0.358 e. The van der Waals surface area contributed by atoms with Crippen LogP contribution in [0.15, 0.2) is 18.2 Å². The maximum Gasteiger partial charge on any atom is 0.256 e. The Labute approximate surface area is 112 Å². The Morgan fingerprint density at radius 2 is 1.95 bits per heavy atom. The lowest BCUT2D eigenvalue weighted by Gasteiger charge is -2.27. The molecule has 0 aliphatic carbocycles. The van der Waals surface area contributed by atoms with E-state index in [1.54, 1.807) is 0 Å². The number of nitrogens with zero attached hydrogens (tertiary/aromatic N) is 1. The molecule has 1 fully saturated rings. The molecule has 1 aromatic heterocycles. The van der Waals surface area contributed by atoms with Gasteiger partial charge in [0.15, 0.2) is 0 Å². The van der Waals surface area contributed by atoms with Crippen LogP contribution in [0.1, 0.15) is 21.6 Å². The van der Waals surface area contributed by atoms with Crippen LogP contribution in [0.5, 0.6) is 0 Å². The number of rotatable bonds is 1. The van der Waals surface area contributed by atoms with Gasteiger partial charge in [0.05, 0.1) is 11.1 Å². The maximum absolute atomic E-state index is 12.6. The summed E-state index contributed by atoms with van der Waals surface area (Å²) >= 11 is 0. The number of nitrogens with one attached hydrogen (secondary N) is 2. The van der Waals surface area contributed by atoms with Crippen molar-refractivity contribution in [3.63, 3.8) is 0 Å². The highest BCUT2D eigenvalue weighted by molar-refractivity contribution is 6.06. The van der Waals surface area contributed by atoms with E-state index in [2.05, 4.69) is 30.2 Å². The van der Waals surface area contributed by atoms with Gasteiger partial charge in [-0.1, -0.05) is 12.1 Å². The third kappa shape index (κ3) is 2.02. The molecule has 0 unspecified atom stereocenters. The van der Waals surface area contributed by atoms with Crippen molar-refractivity contribution in [3.05, 3.63) is 35.0 Å². The van der Waals surface area contributed by atoms with Gasteiger partial charge in [-0.05, 0) is 25.5 Å². The normalized spacial score (nSPS) is 16.0. The van der Waals surface area contributed by atoms with Gasteiger partial charge in [0, 0.05) is 37.3 Å². The van der Waals surface area contributed by atoms with Gasteiger partial charge < -0.3 is 15.2 Å². The van der Waals surface area contributed by atoms with Crippen LogP contribution >= 0.6 is 0 Å². The molecule has 0 radical (unpaired) electrons. The number of fused-ring (bicyclic) bond motifs is 1. The van der Waals surface area contributed by atoms with Crippen molar-refractivity contribution in [2.75, 3.05) is 26.2 Å². The third-order valence-corrected chi connectivity index (χ3v) is 3.98. The van der Waals surface area contributed by atoms with Gasteiger partial charge in [0.1, 0.15) is 0 Å². The molecule has 2 N–H and O–H groups in total. The quantitative estimate of drug-likeness (QED) is 0.819. The first-order valence-electron chi connectivity index (χ1n) is 6.76. The number of carbonyl (C=O) groups is 1. The van der Waals surface area contributed by atoms with Gasteiger partial charge >= 0.3 is 0 Å². The Balaban J connectivity index is 2.04. The fraction of sp³-hybridized carbons (Fsp3) is 0.400. The van der Waals surface area contributed by atoms with Crippen LogP contribution in [0.25, 0.3) is 10.9 Å². The zero-order chi connectivity index (χ0) is 13.4. The van der Waals surface area contributed by atoms with E-state index in [1.807, 2.05) is 17.0 Å². The number of hydrogen-bond acceptors (Lipinski definition) is 2. The van der Waals surface area contributed by atoms with E-state index in [0.717, 1.165) is 48.3 Å². The summed E-state index contributed by atoms with van der Waals surface area (Å²) in [5.41, 5.74) is 4.12. The zero-order valence-electron chi connectivity index (χ0n) is 11.4. The highest BCUT2D eigenvalue weighted by Gasteiger charge is 2.21. The second-order valence-electron chi connectivity index (χ2n) is 5.15. The molecule has 0 bridgehead atoms. The molecule has 1 aliphatic heterocycles. The molecule has 2 heterocycles. The molecule has 100 valence electrons. The maximum atomic E-state index is 12.6. The van der Waals surface area contributed by atoms with Gasteiger partial charge in [0.25, 0.3) is 5.91 Å². The van der Waals surface area contributed by atoms with Crippen LogP contribution in [0, 0.1) is 13.8 Å². The predicted molar refractivity (Wildman–Crippen MR) is 76.5 cm³/mol. The van der Waals surface area contributed by atoms with Gasteiger partial charge in [-0.25, -0.2) is 0 Å². The fourth-order valence-corrected chi connectivity index (χ4v) is 2.70. The first-order chi connectivity index (χ1) is 9.18. The summed E-state index contributed by atoms with van der Waals surface area (Å²) in [5.74, 6) is 0.133. The molecular weight excluding hydrogens is 238 g/mol. The van der Waals surface area contributed by atoms with Gasteiger partial charge in [-0.3, -0.25) is 4.79 Å². The number of piperazine rings is 1. The number of carbonyl (C=O) groups excluding carboxylic acids is 1. The summed E-state index contributed by atoms with van der Waals surface area (Å²) in [4.78, 5) is 17.9. The number of aryl methyl sites for hydroxylation is 2. The van der Waals surface area contributed by atoms with Crippen molar-refractivity contribution in [1.29, 1.82) is 0 Å². The third-order valence-electron chi connectivity index (χ3n) is 3.98. The summed E-state index contributed by atoms with van der Waals surface area (Å²) in [6.45, 7) is 7.47. The number of para-hydroxylation sites is 1. The summed E-state index contributed by atoms with van der Waals surface area (Å²) in [6, 6.07) is 5.96. The van der Waals surface area contributed by atoms with Crippen molar-refractivity contribution < 1.29 is 4.79 Å². The lowest BCUT2D eigenvalue weighted by molar-refractivity contribution is 0.0737. The Morgan fingerprint density at radius 3 is 2.68 bits per heavy atom. The van der Waals surface area contributed by atoms with E-state index in [4.69, 9.17) is 0 Å². The Bertz CT molecular complexity index is 624. The van der Waals surface area contributed by atoms with Crippen LogP contribution in [-0.4, -0.2) is 42.0 Å². The van der Waals surface area contributed by atoms with E-state index in [9.17, 15) is 4.79 Å². The summed E-state index contributed by atoms with van der Waals surface area (Å²) in [5, 5.41) is 4.42. The Kier molecular flexibility index (Phi) is 3.03. The standard InChI is InChI=1S/C15H19N3O/c1-10-11(2)17-14-12(10)4-3-5-13(14)15(19)18-8-6-16-7-9-18/h3-5,16-17H,6-9H2,1-2H3. The van der Waals surface area contributed by atoms with E-state index < -0.39 is 0 Å². The number of benzene rings is 1. The Hall–Kier alpha value is -1.81. The predicted octanol–water partition coefficient (Wildman–Crippen LogP) is 1.83. The molecular formula is C15H19N3O. The van der Waals surface area contributed by atoms with Crippen LogP contribution < -0.4 is 5.32 Å². The van der Waals surface area contributed by atoms with E-state index in [-0.39, 0.29) is 5.91 Å². The number of aromatic amines is 1. The van der Waals surface area contributed by atoms with Crippen molar-refractivity contribution in [3.8, 4) is 0 Å². The minimum atomic E-state index is 0.133. The highest BCUT2D eigenvalue weighted by Crippen LogP contribution is 2.25. The zero-order valence-corrected chi connectivity index (χ0v) is 11.4. The number of aromatic nitrogens is 1. The molecule has 1 amide bonds. The molecule has 4 heteroatoms. The number of H-pyrrole nitrogens is 1. The molecule has 4 nitrogen and oxygen atoms in total. The van der Waals surface area contributed by atoms with Gasteiger partial charge in [-0.2, -0.15) is 0 Å². The topological polar surface area (TPSA) is 48.1 Å². The van der Waals surface area contributed by atoms with Crippen molar-refractivity contribution in [2.45, 2.75) is 13.8 Å². The highest BCUT2D eigenvalue weighted by atomic mass is 16.2. The summed E-state index contributed by atoms with van der Waals surface area (Å²) in [6.07, 6.45) is 0. The van der Waals surface area contributed by atoms with E-state index in [1.165, 1.54) is 5.56 Å².